The van der Waals surface area contributed by atoms with Gasteiger partial charge in [0.05, 0.1) is 0 Å². The third-order valence-corrected chi connectivity index (χ3v) is 4.16. The number of imidazole rings is 1. The molecule has 4 rings (SSSR count). The first-order chi connectivity index (χ1) is 11.4. The molecule has 1 aliphatic rings. The number of aromatic nitrogens is 4. The number of hydrogen-bond acceptors (Lipinski definition) is 4. The molecule has 23 heavy (non-hydrogen) atoms. The molecule has 5 heteroatoms. The monoisotopic (exact) mass is 305 g/mol. The molecule has 0 saturated heterocycles. The van der Waals surface area contributed by atoms with E-state index in [1.165, 1.54) is 24.0 Å². The Kier molecular flexibility index (Phi) is 3.86. The van der Waals surface area contributed by atoms with Crippen LogP contribution < -0.4 is 0 Å². The standard InChI is InChI=1S/C18H19N5/c1-4-18(22-10-9-20-14-22)21-11-16(1)13-23(17-2-3-17)12-15-5-7-19-8-6-15/h1,4-11,14,17H,2-3,12-13H2. The highest BCUT2D eigenvalue weighted by atomic mass is 15.2. The summed E-state index contributed by atoms with van der Waals surface area (Å²) < 4.78 is 1.92. The number of hydrogen-bond donors (Lipinski definition) is 0. The summed E-state index contributed by atoms with van der Waals surface area (Å²) in [7, 11) is 0. The Labute approximate surface area is 135 Å². The highest BCUT2D eigenvalue weighted by Gasteiger charge is 2.28. The average Bonchev–Trinajstić information content (AvgIpc) is 3.30. The first-order valence-electron chi connectivity index (χ1n) is 7.95. The van der Waals surface area contributed by atoms with Crippen molar-refractivity contribution in [1.29, 1.82) is 0 Å². The van der Waals surface area contributed by atoms with Crippen LogP contribution in [0.4, 0.5) is 0 Å². The van der Waals surface area contributed by atoms with Crippen LogP contribution in [0.25, 0.3) is 5.82 Å². The summed E-state index contributed by atoms with van der Waals surface area (Å²) in [5.74, 6) is 0.901. The minimum Gasteiger partial charge on any atom is -0.292 e. The molecule has 3 aromatic heterocycles. The van der Waals surface area contributed by atoms with Crippen LogP contribution in [0.1, 0.15) is 24.0 Å². The third kappa shape index (κ3) is 3.46. The Hall–Kier alpha value is -2.53. The number of nitrogens with zero attached hydrogens (tertiary/aromatic N) is 5. The Morgan fingerprint density at radius 2 is 1.78 bits per heavy atom. The summed E-state index contributed by atoms with van der Waals surface area (Å²) in [6.07, 6.45) is 13.7. The second-order valence-electron chi connectivity index (χ2n) is 5.99. The summed E-state index contributed by atoms with van der Waals surface area (Å²) in [5.41, 5.74) is 2.56. The van der Waals surface area contributed by atoms with E-state index >= 15 is 0 Å². The lowest BCUT2D eigenvalue weighted by molar-refractivity contribution is 0.245. The number of rotatable bonds is 6. The molecule has 0 bridgehead atoms. The molecule has 0 spiro atoms. The van der Waals surface area contributed by atoms with Gasteiger partial charge in [-0.15, -0.1) is 0 Å². The molecule has 3 heterocycles. The van der Waals surface area contributed by atoms with Gasteiger partial charge in [-0.3, -0.25) is 14.5 Å². The fourth-order valence-corrected chi connectivity index (χ4v) is 2.77. The van der Waals surface area contributed by atoms with E-state index in [-0.39, 0.29) is 0 Å². The lowest BCUT2D eigenvalue weighted by Crippen LogP contribution is -2.25. The highest BCUT2D eigenvalue weighted by molar-refractivity contribution is 5.25. The van der Waals surface area contributed by atoms with Crippen molar-refractivity contribution >= 4 is 0 Å². The van der Waals surface area contributed by atoms with E-state index in [1.807, 2.05) is 29.4 Å². The van der Waals surface area contributed by atoms with Gasteiger partial charge in [0, 0.05) is 50.1 Å². The van der Waals surface area contributed by atoms with E-state index in [0.29, 0.717) is 6.04 Å². The van der Waals surface area contributed by atoms with Gasteiger partial charge in [-0.1, -0.05) is 6.07 Å². The Bertz CT molecular complexity index is 733. The molecule has 3 aromatic rings. The summed E-state index contributed by atoms with van der Waals surface area (Å²) in [4.78, 5) is 15.2. The molecule has 0 aromatic carbocycles. The van der Waals surface area contributed by atoms with Gasteiger partial charge in [0.2, 0.25) is 0 Å². The number of pyridine rings is 2. The van der Waals surface area contributed by atoms with Gasteiger partial charge in [-0.2, -0.15) is 0 Å². The zero-order valence-electron chi connectivity index (χ0n) is 12.9. The molecule has 116 valence electrons. The second kappa shape index (κ2) is 6.30. The summed E-state index contributed by atoms with van der Waals surface area (Å²) >= 11 is 0. The smallest absolute Gasteiger partial charge is 0.137 e. The Morgan fingerprint density at radius 1 is 0.957 bits per heavy atom. The Balaban J connectivity index is 1.46. The minimum atomic E-state index is 0.705. The van der Waals surface area contributed by atoms with E-state index in [1.54, 1.807) is 12.5 Å². The van der Waals surface area contributed by atoms with Gasteiger partial charge in [0.25, 0.3) is 0 Å². The molecule has 0 N–H and O–H groups in total. The molecule has 0 amide bonds. The van der Waals surface area contributed by atoms with Gasteiger partial charge in [-0.05, 0) is 42.2 Å². The van der Waals surface area contributed by atoms with Crippen molar-refractivity contribution in [2.24, 2.45) is 0 Å². The first kappa shape index (κ1) is 14.1. The fraction of sp³-hybridized carbons (Fsp3) is 0.278. The van der Waals surface area contributed by atoms with Gasteiger partial charge in [0.15, 0.2) is 0 Å². The normalized spacial score (nSPS) is 14.3. The first-order valence-corrected chi connectivity index (χ1v) is 7.95. The van der Waals surface area contributed by atoms with E-state index in [9.17, 15) is 0 Å². The molecule has 5 nitrogen and oxygen atoms in total. The summed E-state index contributed by atoms with van der Waals surface area (Å²) in [6, 6.07) is 9.10. The Morgan fingerprint density at radius 3 is 2.43 bits per heavy atom. The van der Waals surface area contributed by atoms with Crippen molar-refractivity contribution in [3.8, 4) is 5.82 Å². The van der Waals surface area contributed by atoms with Crippen molar-refractivity contribution in [1.82, 2.24) is 24.4 Å². The fourth-order valence-electron chi connectivity index (χ4n) is 2.77. The van der Waals surface area contributed by atoms with Gasteiger partial charge < -0.3 is 0 Å². The summed E-state index contributed by atoms with van der Waals surface area (Å²) in [5, 5.41) is 0. The van der Waals surface area contributed by atoms with Crippen molar-refractivity contribution in [3.05, 3.63) is 72.7 Å². The molecular formula is C18H19N5. The molecule has 1 fully saturated rings. The maximum absolute atomic E-state index is 4.55. The largest absolute Gasteiger partial charge is 0.292 e. The van der Waals surface area contributed by atoms with E-state index in [4.69, 9.17) is 0 Å². The zero-order valence-corrected chi connectivity index (χ0v) is 12.9. The van der Waals surface area contributed by atoms with Crippen molar-refractivity contribution in [3.63, 3.8) is 0 Å². The molecule has 1 saturated carbocycles. The van der Waals surface area contributed by atoms with E-state index in [2.05, 4.69) is 44.1 Å². The van der Waals surface area contributed by atoms with Gasteiger partial charge in [-0.25, -0.2) is 9.97 Å². The highest BCUT2D eigenvalue weighted by Crippen LogP contribution is 2.29. The topological polar surface area (TPSA) is 46.8 Å². The van der Waals surface area contributed by atoms with Crippen LogP contribution >= 0.6 is 0 Å². The van der Waals surface area contributed by atoms with Crippen LogP contribution in [0, 0.1) is 0 Å². The predicted molar refractivity (Wildman–Crippen MR) is 87.9 cm³/mol. The predicted octanol–water partition coefficient (Wildman–Crippen LogP) is 2.83. The zero-order chi connectivity index (χ0) is 15.5. The third-order valence-electron chi connectivity index (χ3n) is 4.16. The van der Waals surface area contributed by atoms with Crippen LogP contribution in [0.3, 0.4) is 0 Å². The molecular weight excluding hydrogens is 286 g/mol. The lowest BCUT2D eigenvalue weighted by Gasteiger charge is -2.22. The maximum atomic E-state index is 4.55. The van der Waals surface area contributed by atoms with Crippen LogP contribution in [0.5, 0.6) is 0 Å². The van der Waals surface area contributed by atoms with E-state index in [0.717, 1.165) is 18.9 Å². The molecule has 0 unspecified atom stereocenters. The molecule has 0 radical (unpaired) electrons. The van der Waals surface area contributed by atoms with Crippen LogP contribution in [0.2, 0.25) is 0 Å². The second-order valence-corrected chi connectivity index (χ2v) is 5.99. The van der Waals surface area contributed by atoms with Crippen LogP contribution in [-0.4, -0.2) is 30.5 Å². The van der Waals surface area contributed by atoms with Crippen molar-refractivity contribution < 1.29 is 0 Å². The molecule has 1 aliphatic carbocycles. The summed E-state index contributed by atoms with van der Waals surface area (Å²) in [6.45, 7) is 1.90. The quantitative estimate of drug-likeness (QED) is 0.702. The minimum absolute atomic E-state index is 0.705. The lowest BCUT2D eigenvalue weighted by atomic mass is 10.2. The van der Waals surface area contributed by atoms with E-state index < -0.39 is 0 Å². The maximum Gasteiger partial charge on any atom is 0.137 e. The van der Waals surface area contributed by atoms with Crippen molar-refractivity contribution in [2.75, 3.05) is 0 Å². The average molecular weight is 305 g/mol. The van der Waals surface area contributed by atoms with Gasteiger partial charge >= 0.3 is 0 Å². The van der Waals surface area contributed by atoms with Crippen LogP contribution in [-0.2, 0) is 13.1 Å². The SMILES string of the molecule is c1cc(CN(Cc2ccc(-n3ccnc3)nc2)C2CC2)ccn1. The van der Waals surface area contributed by atoms with Crippen molar-refractivity contribution in [2.45, 2.75) is 32.0 Å². The van der Waals surface area contributed by atoms with Crippen LogP contribution in [0.15, 0.2) is 61.6 Å². The van der Waals surface area contributed by atoms with Gasteiger partial charge in [0.1, 0.15) is 12.1 Å². The molecule has 0 aliphatic heterocycles. The molecule has 0 atom stereocenters.